The first-order valence-corrected chi connectivity index (χ1v) is 11.8. The van der Waals surface area contributed by atoms with Gasteiger partial charge in [0.1, 0.15) is 11.5 Å². The number of fused-ring (bicyclic) bond motifs is 1. The molecular weight excluding hydrogens is 428 g/mol. The van der Waals surface area contributed by atoms with E-state index in [1.54, 1.807) is 7.11 Å². The Morgan fingerprint density at radius 2 is 1.97 bits per heavy atom. The molecule has 8 nitrogen and oxygen atoms in total. The summed E-state index contributed by atoms with van der Waals surface area (Å²) in [7, 11) is 1.65. The summed E-state index contributed by atoms with van der Waals surface area (Å²) in [6.07, 6.45) is 4.63. The van der Waals surface area contributed by atoms with E-state index < -0.39 is 5.91 Å². The van der Waals surface area contributed by atoms with Crippen LogP contribution in [0.2, 0.25) is 0 Å². The molecule has 2 fully saturated rings. The highest BCUT2D eigenvalue weighted by Gasteiger charge is 2.43. The standard InChI is InChI=1S/C26H30N6O2/c1-26(11-12-26)21-19(6-5-15-32-13-3-4-14-32)29-23-20(21)22(27)30-24(31-23)25(33)28-18-9-7-17(8-10-18)16-34-2/h7-10H,3-4,11-16H2,1-2H3,(H,28,33)(H3,27,29,30,31). The molecule has 1 aromatic carbocycles. The van der Waals surface area contributed by atoms with Crippen molar-refractivity contribution >= 4 is 28.4 Å². The zero-order chi connectivity index (χ0) is 23.7. The van der Waals surface area contributed by atoms with Gasteiger partial charge in [-0.05, 0) is 67.8 Å². The van der Waals surface area contributed by atoms with Crippen LogP contribution in [0.25, 0.3) is 11.0 Å². The number of rotatable bonds is 6. The van der Waals surface area contributed by atoms with Crippen LogP contribution in [0.4, 0.5) is 11.5 Å². The van der Waals surface area contributed by atoms with Crippen LogP contribution in [0.5, 0.6) is 0 Å². The van der Waals surface area contributed by atoms with Gasteiger partial charge < -0.3 is 20.8 Å². The molecule has 0 unspecified atom stereocenters. The second kappa shape index (κ2) is 9.09. The number of methoxy groups -OCH3 is 1. The number of ether oxygens (including phenoxy) is 1. The summed E-state index contributed by atoms with van der Waals surface area (Å²) in [5, 5.41) is 3.62. The van der Waals surface area contributed by atoms with Gasteiger partial charge in [0.2, 0.25) is 5.82 Å². The van der Waals surface area contributed by atoms with Gasteiger partial charge in [-0.25, -0.2) is 9.97 Å². The quantitative estimate of drug-likeness (QED) is 0.488. The number of nitrogens with one attached hydrogen (secondary N) is 2. The Hall–Kier alpha value is -3.41. The molecule has 1 aliphatic heterocycles. The number of carbonyl (C=O) groups is 1. The second-order valence-electron chi connectivity index (χ2n) is 9.46. The molecule has 176 valence electrons. The number of aromatic nitrogens is 3. The Kier molecular flexibility index (Phi) is 5.98. The van der Waals surface area contributed by atoms with Gasteiger partial charge in [-0.15, -0.1) is 0 Å². The molecule has 5 rings (SSSR count). The van der Waals surface area contributed by atoms with Crippen LogP contribution < -0.4 is 11.1 Å². The lowest BCUT2D eigenvalue weighted by molar-refractivity contribution is 0.101. The van der Waals surface area contributed by atoms with Crippen molar-refractivity contribution < 1.29 is 9.53 Å². The van der Waals surface area contributed by atoms with Crippen LogP contribution in [-0.2, 0) is 16.8 Å². The predicted molar refractivity (Wildman–Crippen MR) is 133 cm³/mol. The highest BCUT2D eigenvalue weighted by Crippen LogP contribution is 2.51. The maximum atomic E-state index is 12.9. The van der Waals surface area contributed by atoms with Gasteiger partial charge in [0.05, 0.1) is 24.2 Å². The molecule has 8 heteroatoms. The molecule has 3 heterocycles. The van der Waals surface area contributed by atoms with Crippen molar-refractivity contribution in [3.63, 3.8) is 0 Å². The molecule has 3 aromatic rings. The largest absolute Gasteiger partial charge is 0.383 e. The van der Waals surface area contributed by atoms with Crippen LogP contribution in [0, 0.1) is 11.8 Å². The summed E-state index contributed by atoms with van der Waals surface area (Å²) in [4.78, 5) is 27.5. The van der Waals surface area contributed by atoms with E-state index in [2.05, 4.69) is 43.9 Å². The zero-order valence-corrected chi connectivity index (χ0v) is 19.7. The summed E-state index contributed by atoms with van der Waals surface area (Å²) in [5.74, 6) is 6.56. The van der Waals surface area contributed by atoms with E-state index in [-0.39, 0.29) is 11.2 Å². The molecule has 2 aliphatic rings. The second-order valence-corrected chi connectivity index (χ2v) is 9.46. The van der Waals surface area contributed by atoms with E-state index in [0.717, 1.165) is 54.7 Å². The third-order valence-corrected chi connectivity index (χ3v) is 6.72. The number of H-pyrrole nitrogens is 1. The van der Waals surface area contributed by atoms with Crippen molar-refractivity contribution in [3.05, 3.63) is 46.9 Å². The van der Waals surface area contributed by atoms with Crippen LogP contribution in [0.1, 0.15) is 60.0 Å². The molecule has 1 saturated heterocycles. The summed E-state index contributed by atoms with van der Waals surface area (Å²) >= 11 is 0. The van der Waals surface area contributed by atoms with Crippen molar-refractivity contribution in [2.45, 2.75) is 44.6 Å². The topological polar surface area (TPSA) is 109 Å². The Balaban J connectivity index is 1.43. The SMILES string of the molecule is COCc1ccc(NC(=O)c2nc(N)c3c(C4(C)CC4)c(C#CCN4CCCC4)[nH]c3n2)cc1. The number of carbonyl (C=O) groups excluding carboxylic acids is 1. The van der Waals surface area contributed by atoms with Gasteiger partial charge in [-0.1, -0.05) is 25.0 Å². The maximum absolute atomic E-state index is 12.9. The average Bonchev–Trinajstić information content (AvgIpc) is 3.21. The molecular formula is C26H30N6O2. The van der Waals surface area contributed by atoms with Crippen LogP contribution >= 0.6 is 0 Å². The lowest BCUT2D eigenvalue weighted by atomic mass is 9.95. The Labute approximate surface area is 199 Å². The van der Waals surface area contributed by atoms with Crippen molar-refractivity contribution in [1.82, 2.24) is 19.9 Å². The minimum absolute atomic E-state index is 0.0150. The van der Waals surface area contributed by atoms with Crippen molar-refractivity contribution in [1.29, 1.82) is 0 Å². The molecule has 0 atom stereocenters. The number of likely N-dealkylation sites (tertiary alicyclic amines) is 1. The number of anilines is 2. The Bertz CT molecular complexity index is 1270. The summed E-state index contributed by atoms with van der Waals surface area (Å²) in [6, 6.07) is 7.45. The number of nitrogens with zero attached hydrogens (tertiary/aromatic N) is 3. The molecule has 1 saturated carbocycles. The zero-order valence-electron chi connectivity index (χ0n) is 19.7. The van der Waals surface area contributed by atoms with Crippen LogP contribution in [-0.4, -0.2) is 52.5 Å². The molecule has 0 bridgehead atoms. The number of nitrogen functional groups attached to an aromatic ring is 1. The number of nitrogens with two attached hydrogens (primary N) is 1. The molecule has 2 aromatic heterocycles. The highest BCUT2D eigenvalue weighted by atomic mass is 16.5. The number of hydrogen-bond donors (Lipinski definition) is 3. The van der Waals surface area contributed by atoms with Gasteiger partial charge in [0.25, 0.3) is 5.91 Å². The fourth-order valence-electron chi connectivity index (χ4n) is 4.58. The van der Waals surface area contributed by atoms with E-state index >= 15 is 0 Å². The number of benzene rings is 1. The third kappa shape index (κ3) is 4.49. The van der Waals surface area contributed by atoms with Gasteiger partial charge in [-0.2, -0.15) is 0 Å². The van der Waals surface area contributed by atoms with Crippen LogP contribution in [0.15, 0.2) is 24.3 Å². The summed E-state index contributed by atoms with van der Waals surface area (Å²) in [5.41, 5.74) is 10.5. The summed E-state index contributed by atoms with van der Waals surface area (Å²) < 4.78 is 5.13. The minimum atomic E-state index is -0.413. The normalized spacial score (nSPS) is 16.9. The van der Waals surface area contributed by atoms with Crippen LogP contribution in [0.3, 0.4) is 0 Å². The maximum Gasteiger partial charge on any atom is 0.293 e. The van der Waals surface area contributed by atoms with Crippen molar-refractivity contribution in [2.75, 3.05) is 37.8 Å². The molecule has 0 spiro atoms. The van der Waals surface area contributed by atoms with Gasteiger partial charge in [0, 0.05) is 18.4 Å². The average molecular weight is 459 g/mol. The van der Waals surface area contributed by atoms with E-state index in [1.807, 2.05) is 24.3 Å². The Morgan fingerprint density at radius 3 is 2.65 bits per heavy atom. The lowest BCUT2D eigenvalue weighted by Gasteiger charge is -2.10. The molecule has 34 heavy (non-hydrogen) atoms. The van der Waals surface area contributed by atoms with Crippen molar-refractivity contribution in [2.24, 2.45) is 0 Å². The van der Waals surface area contributed by atoms with E-state index in [9.17, 15) is 4.79 Å². The fourth-order valence-corrected chi connectivity index (χ4v) is 4.58. The first-order chi connectivity index (χ1) is 16.5. The van der Waals surface area contributed by atoms with E-state index in [4.69, 9.17) is 10.5 Å². The minimum Gasteiger partial charge on any atom is -0.383 e. The van der Waals surface area contributed by atoms with Crippen molar-refractivity contribution in [3.8, 4) is 11.8 Å². The lowest BCUT2D eigenvalue weighted by Crippen LogP contribution is -2.19. The molecule has 4 N–H and O–H groups in total. The highest BCUT2D eigenvalue weighted by molar-refractivity contribution is 6.04. The number of aromatic amines is 1. The van der Waals surface area contributed by atoms with Gasteiger partial charge in [0.15, 0.2) is 0 Å². The Morgan fingerprint density at radius 1 is 1.24 bits per heavy atom. The first-order valence-electron chi connectivity index (χ1n) is 11.8. The monoisotopic (exact) mass is 458 g/mol. The van der Waals surface area contributed by atoms with Gasteiger partial charge >= 0.3 is 0 Å². The smallest absolute Gasteiger partial charge is 0.293 e. The number of amides is 1. The van der Waals surface area contributed by atoms with Gasteiger partial charge in [-0.3, -0.25) is 9.69 Å². The number of hydrogen-bond acceptors (Lipinski definition) is 6. The van der Waals surface area contributed by atoms with E-state index in [0.29, 0.717) is 23.8 Å². The summed E-state index contributed by atoms with van der Waals surface area (Å²) in [6.45, 7) is 5.70. The third-order valence-electron chi connectivity index (χ3n) is 6.72. The molecule has 1 amide bonds. The molecule has 1 aliphatic carbocycles. The molecule has 0 radical (unpaired) electrons. The van der Waals surface area contributed by atoms with E-state index in [1.165, 1.54) is 12.8 Å². The fraction of sp³-hybridized carbons (Fsp3) is 0.423. The first kappa shape index (κ1) is 22.4. The predicted octanol–water partition coefficient (Wildman–Crippen LogP) is 3.44.